The minimum absolute atomic E-state index is 0.0652. The fourth-order valence-electron chi connectivity index (χ4n) is 2.00. The number of furan rings is 1. The Kier molecular flexibility index (Phi) is 3.44. The van der Waals surface area contributed by atoms with Crippen LogP contribution in [0.3, 0.4) is 0 Å². The standard InChI is InChI=1S/C15H17N3OS/c1-9(2)14-17-15(20-18-14)16-10(3)13-8-11-6-4-5-7-12(11)19-13/h4-10H,1-3H3,(H,16,17,18)/t10-/m1/s1. The number of nitrogens with zero attached hydrogens (tertiary/aromatic N) is 2. The molecule has 20 heavy (non-hydrogen) atoms. The number of hydrogen-bond acceptors (Lipinski definition) is 5. The molecular formula is C15H17N3OS. The Morgan fingerprint density at radius 2 is 2.00 bits per heavy atom. The lowest BCUT2D eigenvalue weighted by Gasteiger charge is -2.08. The highest BCUT2D eigenvalue weighted by molar-refractivity contribution is 7.09. The van der Waals surface area contributed by atoms with Gasteiger partial charge >= 0.3 is 0 Å². The van der Waals surface area contributed by atoms with Gasteiger partial charge in [0.05, 0.1) is 6.04 Å². The largest absolute Gasteiger partial charge is 0.459 e. The van der Waals surface area contributed by atoms with Crippen LogP contribution < -0.4 is 5.32 Å². The zero-order chi connectivity index (χ0) is 14.1. The van der Waals surface area contributed by atoms with Gasteiger partial charge in [0.25, 0.3) is 0 Å². The van der Waals surface area contributed by atoms with Gasteiger partial charge in [0.1, 0.15) is 17.2 Å². The van der Waals surface area contributed by atoms with E-state index in [2.05, 4.69) is 47.6 Å². The summed E-state index contributed by atoms with van der Waals surface area (Å²) >= 11 is 1.39. The van der Waals surface area contributed by atoms with Crippen molar-refractivity contribution >= 4 is 27.6 Å². The van der Waals surface area contributed by atoms with Crippen LogP contribution in [0, 0.1) is 0 Å². The average Bonchev–Trinajstić information content (AvgIpc) is 3.04. The van der Waals surface area contributed by atoms with E-state index in [0.717, 1.165) is 27.7 Å². The van der Waals surface area contributed by atoms with Crippen LogP contribution in [0.15, 0.2) is 34.7 Å². The van der Waals surface area contributed by atoms with Gasteiger partial charge < -0.3 is 9.73 Å². The molecule has 2 heterocycles. The van der Waals surface area contributed by atoms with Gasteiger partial charge in [-0.1, -0.05) is 32.0 Å². The highest BCUT2D eigenvalue weighted by Gasteiger charge is 2.14. The number of fused-ring (bicyclic) bond motifs is 1. The average molecular weight is 287 g/mol. The van der Waals surface area contributed by atoms with Crippen LogP contribution >= 0.6 is 11.5 Å². The summed E-state index contributed by atoms with van der Waals surface area (Å²) in [7, 11) is 0. The number of para-hydroxylation sites is 1. The predicted molar refractivity (Wildman–Crippen MR) is 82.2 cm³/mol. The molecule has 3 aromatic rings. The van der Waals surface area contributed by atoms with Crippen LogP contribution in [0.4, 0.5) is 5.13 Å². The number of rotatable bonds is 4. The zero-order valence-corrected chi connectivity index (χ0v) is 12.6. The highest BCUT2D eigenvalue weighted by atomic mass is 32.1. The van der Waals surface area contributed by atoms with Crippen molar-refractivity contribution in [3.8, 4) is 0 Å². The molecule has 0 fully saturated rings. The van der Waals surface area contributed by atoms with Crippen LogP contribution in [0.2, 0.25) is 0 Å². The van der Waals surface area contributed by atoms with Gasteiger partial charge in [-0.25, -0.2) is 4.98 Å². The van der Waals surface area contributed by atoms with E-state index < -0.39 is 0 Å². The molecule has 104 valence electrons. The SMILES string of the molecule is CC(C)c1nsc(N[C@H](C)c2cc3ccccc3o2)n1. The van der Waals surface area contributed by atoms with Crippen LogP contribution in [0.5, 0.6) is 0 Å². The van der Waals surface area contributed by atoms with Gasteiger partial charge in [0, 0.05) is 22.8 Å². The molecule has 4 nitrogen and oxygen atoms in total. The summed E-state index contributed by atoms with van der Waals surface area (Å²) in [6, 6.07) is 10.2. The Hall–Kier alpha value is -1.88. The monoisotopic (exact) mass is 287 g/mol. The molecule has 5 heteroatoms. The molecule has 1 N–H and O–H groups in total. The predicted octanol–water partition coefficient (Wildman–Crippen LogP) is 4.58. The maximum Gasteiger partial charge on any atom is 0.203 e. The third kappa shape index (κ3) is 2.54. The fraction of sp³-hybridized carbons (Fsp3) is 0.333. The van der Waals surface area contributed by atoms with E-state index in [1.165, 1.54) is 11.5 Å². The number of aromatic nitrogens is 2. The Morgan fingerprint density at radius 3 is 2.70 bits per heavy atom. The number of nitrogens with one attached hydrogen (secondary N) is 1. The van der Waals surface area contributed by atoms with Gasteiger partial charge in [-0.3, -0.25) is 0 Å². The quantitative estimate of drug-likeness (QED) is 0.763. The molecule has 0 saturated heterocycles. The molecule has 0 unspecified atom stereocenters. The Morgan fingerprint density at radius 1 is 1.20 bits per heavy atom. The van der Waals surface area contributed by atoms with Crippen molar-refractivity contribution in [2.75, 3.05) is 5.32 Å². The number of benzene rings is 1. The second-order valence-corrected chi connectivity index (χ2v) is 5.92. The van der Waals surface area contributed by atoms with Crippen molar-refractivity contribution in [2.24, 2.45) is 0 Å². The van der Waals surface area contributed by atoms with E-state index in [4.69, 9.17) is 4.42 Å². The molecule has 1 atom stereocenters. The molecule has 3 rings (SSSR count). The summed E-state index contributed by atoms with van der Waals surface area (Å²) < 4.78 is 10.2. The van der Waals surface area contributed by atoms with Crippen LogP contribution in [0.1, 0.15) is 44.3 Å². The van der Waals surface area contributed by atoms with E-state index in [1.807, 2.05) is 18.2 Å². The number of hydrogen-bond donors (Lipinski definition) is 1. The molecule has 0 amide bonds. The minimum Gasteiger partial charge on any atom is -0.459 e. The van der Waals surface area contributed by atoms with Crippen LogP contribution in [-0.2, 0) is 0 Å². The van der Waals surface area contributed by atoms with Crippen LogP contribution in [-0.4, -0.2) is 9.36 Å². The number of anilines is 1. The maximum absolute atomic E-state index is 5.85. The summed E-state index contributed by atoms with van der Waals surface area (Å²) in [4.78, 5) is 4.48. The molecule has 0 aliphatic heterocycles. The van der Waals surface area contributed by atoms with Crippen molar-refractivity contribution in [1.82, 2.24) is 9.36 Å². The molecule has 0 aliphatic rings. The van der Waals surface area contributed by atoms with Gasteiger partial charge in [0.2, 0.25) is 5.13 Å². The molecule has 0 bridgehead atoms. The van der Waals surface area contributed by atoms with Crippen molar-refractivity contribution in [3.05, 3.63) is 41.9 Å². The lowest BCUT2D eigenvalue weighted by Crippen LogP contribution is -2.05. The van der Waals surface area contributed by atoms with E-state index in [-0.39, 0.29) is 6.04 Å². The van der Waals surface area contributed by atoms with Gasteiger partial charge in [0.15, 0.2) is 0 Å². The fourth-order valence-corrected chi connectivity index (χ4v) is 2.80. The lowest BCUT2D eigenvalue weighted by molar-refractivity contribution is 0.526. The Bertz CT molecular complexity index is 684. The van der Waals surface area contributed by atoms with Gasteiger partial charge in [-0.2, -0.15) is 4.37 Å². The zero-order valence-electron chi connectivity index (χ0n) is 11.8. The van der Waals surface area contributed by atoms with E-state index in [1.54, 1.807) is 0 Å². The smallest absolute Gasteiger partial charge is 0.203 e. The van der Waals surface area contributed by atoms with Gasteiger partial charge in [-0.05, 0) is 19.1 Å². The van der Waals surface area contributed by atoms with E-state index >= 15 is 0 Å². The van der Waals surface area contributed by atoms with Crippen molar-refractivity contribution < 1.29 is 4.42 Å². The summed E-state index contributed by atoms with van der Waals surface area (Å²) in [6.07, 6.45) is 0. The van der Waals surface area contributed by atoms with Crippen molar-refractivity contribution in [2.45, 2.75) is 32.7 Å². The second-order valence-electron chi connectivity index (χ2n) is 5.17. The van der Waals surface area contributed by atoms with Crippen molar-refractivity contribution in [1.29, 1.82) is 0 Å². The summed E-state index contributed by atoms with van der Waals surface area (Å²) in [5, 5.41) is 5.30. The molecule has 1 aromatic carbocycles. The summed E-state index contributed by atoms with van der Waals surface area (Å²) in [5.74, 6) is 2.14. The first-order chi connectivity index (χ1) is 9.63. The molecule has 0 saturated carbocycles. The third-order valence-electron chi connectivity index (χ3n) is 3.17. The topological polar surface area (TPSA) is 51.0 Å². The van der Waals surface area contributed by atoms with Gasteiger partial charge in [-0.15, -0.1) is 0 Å². The first-order valence-corrected chi connectivity index (χ1v) is 7.49. The Labute approximate surface area is 122 Å². The van der Waals surface area contributed by atoms with E-state index in [9.17, 15) is 0 Å². The molecule has 0 spiro atoms. The molecule has 0 aliphatic carbocycles. The molecular weight excluding hydrogens is 270 g/mol. The van der Waals surface area contributed by atoms with Crippen molar-refractivity contribution in [3.63, 3.8) is 0 Å². The highest BCUT2D eigenvalue weighted by Crippen LogP contribution is 2.27. The van der Waals surface area contributed by atoms with E-state index in [0.29, 0.717) is 5.92 Å². The lowest BCUT2D eigenvalue weighted by atomic mass is 10.2. The summed E-state index contributed by atoms with van der Waals surface area (Å²) in [5.41, 5.74) is 0.913. The molecule has 2 aromatic heterocycles. The normalized spacial score (nSPS) is 13.0. The third-order valence-corrected chi connectivity index (χ3v) is 3.83. The first-order valence-electron chi connectivity index (χ1n) is 6.72. The maximum atomic E-state index is 5.85. The minimum atomic E-state index is 0.0652. The first kappa shape index (κ1) is 13.1. The second kappa shape index (κ2) is 5.25. The Balaban J connectivity index is 1.79. The molecule has 0 radical (unpaired) electrons. The van der Waals surface area contributed by atoms with Crippen LogP contribution in [0.25, 0.3) is 11.0 Å². The summed E-state index contributed by atoms with van der Waals surface area (Å²) in [6.45, 7) is 6.25.